The molecule has 1 atom stereocenters. The van der Waals surface area contributed by atoms with Crippen LogP contribution in [-0.4, -0.2) is 40.9 Å². The van der Waals surface area contributed by atoms with E-state index in [-0.39, 0.29) is 31.4 Å². The molecule has 3 aromatic rings. The molecule has 1 saturated heterocycles. The Morgan fingerprint density at radius 3 is 1.82 bits per heavy atom. The van der Waals surface area contributed by atoms with Crippen LogP contribution >= 0.6 is 58.8 Å². The first-order valence-corrected chi connectivity index (χ1v) is 12.9. The lowest BCUT2D eigenvalue weighted by atomic mass is 9.92. The van der Waals surface area contributed by atoms with E-state index >= 15 is 0 Å². The molecule has 1 fully saturated rings. The van der Waals surface area contributed by atoms with Crippen molar-refractivity contribution in [2.24, 2.45) is 10.9 Å². The van der Waals surface area contributed by atoms with Crippen molar-refractivity contribution >= 4 is 82.6 Å². The molecule has 0 unspecified atom stereocenters. The predicted octanol–water partition coefficient (Wildman–Crippen LogP) is 7.43. The number of hydrogen-bond acceptors (Lipinski definition) is 4. The summed E-state index contributed by atoms with van der Waals surface area (Å²) in [6.07, 6.45) is 4.01. The zero-order valence-corrected chi connectivity index (χ0v) is 23.8. The number of amides is 1. The van der Waals surface area contributed by atoms with Gasteiger partial charge in [0.15, 0.2) is 0 Å². The first-order chi connectivity index (χ1) is 17.7. The summed E-state index contributed by atoms with van der Waals surface area (Å²) in [6.45, 7) is 0.388. The lowest BCUT2D eigenvalue weighted by Crippen LogP contribution is -2.49. The second kappa shape index (κ2) is 13.5. The van der Waals surface area contributed by atoms with Gasteiger partial charge < -0.3 is 15.8 Å². The van der Waals surface area contributed by atoms with Gasteiger partial charge >= 0.3 is 0 Å². The molecule has 3 aromatic carbocycles. The van der Waals surface area contributed by atoms with Crippen molar-refractivity contribution in [1.29, 1.82) is 0 Å². The van der Waals surface area contributed by atoms with Gasteiger partial charge in [-0.1, -0.05) is 94.0 Å². The molecule has 198 valence electrons. The molecule has 1 aliphatic rings. The molecule has 0 radical (unpaired) electrons. The van der Waals surface area contributed by atoms with E-state index in [2.05, 4.69) is 5.16 Å². The molecule has 0 spiro atoms. The molecule has 0 aliphatic carbocycles. The molecular weight excluding hydrogens is 588 g/mol. The largest absolute Gasteiger partial charge is 0.410 e. The van der Waals surface area contributed by atoms with Crippen molar-refractivity contribution in [3.8, 4) is 0 Å². The van der Waals surface area contributed by atoms with Crippen molar-refractivity contribution in [1.82, 2.24) is 4.90 Å². The Morgan fingerprint density at radius 2 is 1.37 bits per heavy atom. The maximum Gasteiger partial charge on any atom is 0.240 e. The summed E-state index contributed by atoms with van der Waals surface area (Å²) in [6, 6.07) is 19.2. The van der Waals surface area contributed by atoms with Gasteiger partial charge in [-0.2, -0.15) is 0 Å². The van der Waals surface area contributed by atoms with E-state index in [1.807, 2.05) is 42.5 Å². The van der Waals surface area contributed by atoms with Gasteiger partial charge in [-0.05, 0) is 59.5 Å². The topological polar surface area (TPSA) is 78.9 Å². The molecule has 1 amide bonds. The minimum Gasteiger partial charge on any atom is -0.410 e. The first-order valence-electron chi connectivity index (χ1n) is 11.4. The highest BCUT2D eigenvalue weighted by molar-refractivity contribution is 6.42. The van der Waals surface area contributed by atoms with Gasteiger partial charge in [0.05, 0.1) is 26.1 Å². The Morgan fingerprint density at radius 1 is 0.868 bits per heavy atom. The molecule has 10 heteroatoms. The molecule has 0 saturated carbocycles. The number of benzene rings is 3. The van der Waals surface area contributed by atoms with Crippen molar-refractivity contribution in [2.45, 2.75) is 12.5 Å². The van der Waals surface area contributed by atoms with Crippen molar-refractivity contribution in [3.63, 3.8) is 0 Å². The Kier molecular flexibility index (Phi) is 10.7. The quantitative estimate of drug-likeness (QED) is 0.233. The highest BCUT2D eigenvalue weighted by Crippen LogP contribution is 2.29. The predicted molar refractivity (Wildman–Crippen MR) is 160 cm³/mol. The number of halogens is 5. The van der Waals surface area contributed by atoms with E-state index in [1.54, 1.807) is 41.3 Å². The summed E-state index contributed by atoms with van der Waals surface area (Å²) >= 11 is 24.6. The molecule has 3 N–H and O–H groups in total. The van der Waals surface area contributed by atoms with Crippen LogP contribution in [0.5, 0.6) is 0 Å². The number of carbonyl (C=O) groups is 1. The third-order valence-corrected chi connectivity index (χ3v) is 7.41. The average molecular weight is 612 g/mol. The molecule has 1 aliphatic heterocycles. The highest BCUT2D eigenvalue weighted by Gasteiger charge is 2.31. The number of rotatable bonds is 5. The van der Waals surface area contributed by atoms with Crippen molar-refractivity contribution in [3.05, 3.63) is 115 Å². The minimum atomic E-state index is -0.743. The van der Waals surface area contributed by atoms with Crippen LogP contribution in [0.4, 0.5) is 0 Å². The molecule has 0 aromatic heterocycles. The summed E-state index contributed by atoms with van der Waals surface area (Å²) < 4.78 is 0. The van der Waals surface area contributed by atoms with Gasteiger partial charge in [0.2, 0.25) is 5.91 Å². The van der Waals surface area contributed by atoms with Crippen molar-refractivity contribution < 1.29 is 10.0 Å². The van der Waals surface area contributed by atoms with E-state index < -0.39 is 6.04 Å². The van der Waals surface area contributed by atoms with E-state index in [0.717, 1.165) is 16.7 Å². The summed E-state index contributed by atoms with van der Waals surface area (Å²) in [5.74, 6) is -0.221. The maximum atomic E-state index is 13.5. The fraction of sp³-hybridized carbons (Fsp3) is 0.143. The monoisotopic (exact) mass is 609 g/mol. The molecular formula is C28H24Cl5N3O2. The number of oxime groups is 1. The highest BCUT2D eigenvalue weighted by atomic mass is 35.5. The number of hydrogen-bond donors (Lipinski definition) is 2. The normalized spacial score (nSPS) is 16.3. The Bertz CT molecular complexity index is 1330. The van der Waals surface area contributed by atoms with Gasteiger partial charge in [0.25, 0.3) is 0 Å². The van der Waals surface area contributed by atoms with Crippen LogP contribution in [-0.2, 0) is 11.2 Å². The number of likely N-dealkylation sites (tertiary alicyclic amines) is 1. The van der Waals surface area contributed by atoms with E-state index in [0.29, 0.717) is 43.4 Å². The Balaban J connectivity index is 0.00000400. The number of carbonyl (C=O) groups excluding carboxylic acids is 1. The summed E-state index contributed by atoms with van der Waals surface area (Å²) in [4.78, 5) is 15.1. The standard InChI is InChI=1S/C28H23Cl4N3O2.ClH/c29-22-8-6-18(12-24(22)31)10-20-15-35(28(36)26(33)14-17-4-2-1-3-5-17)16-21(27(20)34-37)11-19-7-9-23(30)25(32)13-19;/h1-13,26,37H,14-16,33H2;1H/b20-10+,21-11+;/t26-;/m1./s1. The average Bonchev–Trinajstić information content (AvgIpc) is 2.88. The van der Waals surface area contributed by atoms with Crippen LogP contribution < -0.4 is 5.73 Å². The fourth-order valence-electron chi connectivity index (χ4n) is 4.13. The van der Waals surface area contributed by atoms with Gasteiger partial charge in [-0.3, -0.25) is 4.79 Å². The molecule has 4 rings (SSSR count). The fourth-order valence-corrected chi connectivity index (χ4v) is 4.75. The second-order valence-corrected chi connectivity index (χ2v) is 10.3. The lowest BCUT2D eigenvalue weighted by molar-refractivity contribution is -0.131. The first kappa shape index (κ1) is 30.0. The second-order valence-electron chi connectivity index (χ2n) is 8.63. The number of piperidine rings is 1. The molecule has 1 heterocycles. The van der Waals surface area contributed by atoms with E-state index in [1.165, 1.54) is 0 Å². The Labute approximate surface area is 247 Å². The van der Waals surface area contributed by atoms with Crippen LogP contribution in [0.15, 0.2) is 83.0 Å². The smallest absolute Gasteiger partial charge is 0.240 e. The van der Waals surface area contributed by atoms with Gasteiger partial charge in [-0.15, -0.1) is 12.4 Å². The molecule has 0 bridgehead atoms. The van der Waals surface area contributed by atoms with Crippen LogP contribution in [0.2, 0.25) is 20.1 Å². The summed E-state index contributed by atoms with van der Waals surface area (Å²) in [5.41, 5.74) is 10.4. The SMILES string of the molecule is Cl.N[C@H](Cc1ccccc1)C(=O)N1C/C(=C\c2ccc(Cl)c(Cl)c2)C(=NO)/C(=C/c2ccc(Cl)c(Cl)c2)C1. The third-order valence-electron chi connectivity index (χ3n) is 5.93. The van der Waals surface area contributed by atoms with Gasteiger partial charge in [-0.25, -0.2) is 0 Å². The zero-order valence-electron chi connectivity index (χ0n) is 20.0. The maximum absolute atomic E-state index is 13.5. The van der Waals surface area contributed by atoms with Gasteiger partial charge in [0, 0.05) is 24.2 Å². The lowest BCUT2D eigenvalue weighted by Gasteiger charge is -2.33. The van der Waals surface area contributed by atoms with Crippen molar-refractivity contribution in [2.75, 3.05) is 13.1 Å². The Hall–Kier alpha value is -2.51. The van der Waals surface area contributed by atoms with Crippen LogP contribution in [0, 0.1) is 0 Å². The summed E-state index contributed by atoms with van der Waals surface area (Å²) in [5, 5.41) is 15.2. The van der Waals surface area contributed by atoms with Crippen LogP contribution in [0.3, 0.4) is 0 Å². The molecule has 5 nitrogen and oxygen atoms in total. The minimum absolute atomic E-state index is 0. The van der Waals surface area contributed by atoms with Crippen LogP contribution in [0.25, 0.3) is 12.2 Å². The third kappa shape index (κ3) is 7.32. The zero-order chi connectivity index (χ0) is 26.5. The van der Waals surface area contributed by atoms with E-state index in [9.17, 15) is 10.0 Å². The number of nitrogens with two attached hydrogens (primary N) is 1. The van der Waals surface area contributed by atoms with E-state index in [4.69, 9.17) is 52.1 Å². The van der Waals surface area contributed by atoms with Crippen LogP contribution in [0.1, 0.15) is 16.7 Å². The van der Waals surface area contributed by atoms with Gasteiger partial charge in [0.1, 0.15) is 5.71 Å². The summed E-state index contributed by atoms with van der Waals surface area (Å²) in [7, 11) is 0. The number of nitrogens with zero attached hydrogens (tertiary/aromatic N) is 2. The molecule has 38 heavy (non-hydrogen) atoms.